The van der Waals surface area contributed by atoms with Crippen molar-refractivity contribution in [3.8, 4) is 6.07 Å². The van der Waals surface area contributed by atoms with E-state index >= 15 is 0 Å². The number of para-hydroxylation sites is 1. The molecule has 21 heavy (non-hydrogen) atoms. The first kappa shape index (κ1) is 13.9. The molecule has 1 aromatic heterocycles. The summed E-state index contributed by atoms with van der Waals surface area (Å²) in [4.78, 5) is 4.59. The van der Waals surface area contributed by atoms with Gasteiger partial charge in [0.25, 0.3) is 0 Å². The van der Waals surface area contributed by atoms with E-state index in [9.17, 15) is 5.26 Å². The lowest BCUT2D eigenvalue weighted by molar-refractivity contribution is 0.491. The molecule has 0 aliphatic heterocycles. The lowest BCUT2D eigenvalue weighted by Gasteiger charge is -2.10. The molecule has 0 spiro atoms. The Hall–Kier alpha value is -2.08. The molecule has 0 saturated heterocycles. The van der Waals surface area contributed by atoms with Crippen molar-refractivity contribution < 1.29 is 0 Å². The average Bonchev–Trinajstić information content (AvgIpc) is 3.04. The number of hydrogen-bond acceptors (Lipinski definition) is 3. The van der Waals surface area contributed by atoms with Gasteiger partial charge >= 0.3 is 0 Å². The highest BCUT2D eigenvalue weighted by molar-refractivity contribution is 5.86. The number of fused-ring (bicyclic) bond motifs is 1. The first-order valence-electron chi connectivity index (χ1n) is 7.90. The molecule has 0 bridgehead atoms. The van der Waals surface area contributed by atoms with Crippen LogP contribution in [0.5, 0.6) is 0 Å². The average molecular weight is 279 g/mol. The molecule has 0 amide bonds. The zero-order chi connectivity index (χ0) is 14.5. The van der Waals surface area contributed by atoms with Gasteiger partial charge in [0, 0.05) is 11.9 Å². The van der Waals surface area contributed by atoms with Gasteiger partial charge in [0.1, 0.15) is 5.82 Å². The van der Waals surface area contributed by atoms with E-state index in [1.807, 2.05) is 30.3 Å². The summed E-state index contributed by atoms with van der Waals surface area (Å²) in [6.45, 7) is 0.937. The molecule has 1 aromatic carbocycles. The first-order valence-corrected chi connectivity index (χ1v) is 7.90. The van der Waals surface area contributed by atoms with Crippen molar-refractivity contribution in [3.63, 3.8) is 0 Å². The predicted octanol–water partition coefficient (Wildman–Crippen LogP) is 4.49. The molecule has 1 fully saturated rings. The molecule has 1 N–H and O–H groups in total. The number of hydrogen-bond donors (Lipinski definition) is 1. The van der Waals surface area contributed by atoms with Gasteiger partial charge in [0.05, 0.1) is 17.1 Å². The highest BCUT2D eigenvalue weighted by Gasteiger charge is 2.14. The molecule has 3 heteroatoms. The summed E-state index contributed by atoms with van der Waals surface area (Å²) >= 11 is 0. The number of nitrogens with zero attached hydrogens (tertiary/aromatic N) is 2. The van der Waals surface area contributed by atoms with Crippen molar-refractivity contribution >= 4 is 16.7 Å². The molecular formula is C18H21N3. The third kappa shape index (κ3) is 3.33. The van der Waals surface area contributed by atoms with Crippen molar-refractivity contribution in [1.82, 2.24) is 4.98 Å². The highest BCUT2D eigenvalue weighted by Crippen LogP contribution is 2.28. The Bertz CT molecular complexity index is 651. The van der Waals surface area contributed by atoms with Crippen LogP contribution in [0.4, 0.5) is 5.82 Å². The molecular weight excluding hydrogens is 258 g/mol. The summed E-state index contributed by atoms with van der Waals surface area (Å²) in [5, 5.41) is 13.6. The Morgan fingerprint density at radius 3 is 2.86 bits per heavy atom. The monoisotopic (exact) mass is 279 g/mol. The second-order valence-corrected chi connectivity index (χ2v) is 5.90. The van der Waals surface area contributed by atoms with Gasteiger partial charge in [0.15, 0.2) is 0 Å². The fourth-order valence-electron chi connectivity index (χ4n) is 3.26. The fourth-order valence-corrected chi connectivity index (χ4v) is 3.26. The van der Waals surface area contributed by atoms with E-state index in [4.69, 9.17) is 0 Å². The van der Waals surface area contributed by atoms with Crippen LogP contribution in [0.2, 0.25) is 0 Å². The molecule has 1 heterocycles. The van der Waals surface area contributed by atoms with Crippen molar-refractivity contribution in [1.29, 1.82) is 5.26 Å². The Morgan fingerprint density at radius 2 is 2.05 bits per heavy atom. The van der Waals surface area contributed by atoms with Crippen molar-refractivity contribution in [3.05, 3.63) is 35.9 Å². The normalized spacial score (nSPS) is 15.2. The molecule has 1 aliphatic rings. The second kappa shape index (κ2) is 6.58. The molecule has 1 aliphatic carbocycles. The van der Waals surface area contributed by atoms with Crippen molar-refractivity contribution in [2.45, 2.75) is 38.5 Å². The van der Waals surface area contributed by atoms with Crippen LogP contribution < -0.4 is 5.32 Å². The van der Waals surface area contributed by atoms with Crippen LogP contribution in [0, 0.1) is 17.2 Å². The maximum absolute atomic E-state index is 9.27. The van der Waals surface area contributed by atoms with Crippen LogP contribution in [0.15, 0.2) is 30.3 Å². The number of benzene rings is 1. The first-order chi connectivity index (χ1) is 10.4. The number of aromatic nitrogens is 1. The Balaban J connectivity index is 1.62. The Labute approximate surface area is 126 Å². The second-order valence-electron chi connectivity index (χ2n) is 5.90. The molecule has 0 radical (unpaired) electrons. The molecule has 108 valence electrons. The third-order valence-electron chi connectivity index (χ3n) is 4.41. The summed E-state index contributed by atoms with van der Waals surface area (Å²) in [6, 6.07) is 11.9. The minimum Gasteiger partial charge on any atom is -0.370 e. The van der Waals surface area contributed by atoms with Gasteiger partial charge in [-0.15, -0.1) is 0 Å². The Kier molecular flexibility index (Phi) is 4.35. The van der Waals surface area contributed by atoms with E-state index in [1.54, 1.807) is 0 Å². The summed E-state index contributed by atoms with van der Waals surface area (Å²) < 4.78 is 0. The molecule has 0 atom stereocenters. The van der Waals surface area contributed by atoms with Crippen LogP contribution in [0.25, 0.3) is 10.9 Å². The third-order valence-corrected chi connectivity index (χ3v) is 4.41. The lowest BCUT2D eigenvalue weighted by atomic mass is 10.0. The SMILES string of the molecule is N#Cc1cc(NCCCC2CCCC2)nc2ccccc12. The number of nitrogens with one attached hydrogen (secondary N) is 1. The zero-order valence-electron chi connectivity index (χ0n) is 12.3. The van der Waals surface area contributed by atoms with E-state index in [2.05, 4.69) is 16.4 Å². The molecule has 3 nitrogen and oxygen atoms in total. The van der Waals surface area contributed by atoms with E-state index in [-0.39, 0.29) is 0 Å². The zero-order valence-corrected chi connectivity index (χ0v) is 12.3. The van der Waals surface area contributed by atoms with E-state index in [0.29, 0.717) is 5.56 Å². The molecule has 3 rings (SSSR count). The smallest absolute Gasteiger partial charge is 0.127 e. The number of nitriles is 1. The number of anilines is 1. The largest absolute Gasteiger partial charge is 0.370 e. The minimum atomic E-state index is 0.693. The number of pyridine rings is 1. The van der Waals surface area contributed by atoms with E-state index in [1.165, 1.54) is 38.5 Å². The van der Waals surface area contributed by atoms with Gasteiger partial charge in [-0.1, -0.05) is 43.9 Å². The van der Waals surface area contributed by atoms with Crippen LogP contribution in [-0.2, 0) is 0 Å². The summed E-state index contributed by atoms with van der Waals surface area (Å²) in [5.41, 5.74) is 1.58. The standard InChI is InChI=1S/C18H21N3/c19-13-15-12-18(21-17-10-4-3-9-16(15)17)20-11-5-8-14-6-1-2-7-14/h3-4,9-10,12,14H,1-2,5-8,11H2,(H,20,21). The molecule has 0 unspecified atom stereocenters. The highest BCUT2D eigenvalue weighted by atomic mass is 15.0. The Morgan fingerprint density at radius 1 is 1.24 bits per heavy atom. The van der Waals surface area contributed by atoms with Crippen LogP contribution >= 0.6 is 0 Å². The van der Waals surface area contributed by atoms with Crippen molar-refractivity contribution in [2.75, 3.05) is 11.9 Å². The van der Waals surface area contributed by atoms with Crippen LogP contribution in [0.3, 0.4) is 0 Å². The van der Waals surface area contributed by atoms with Crippen LogP contribution in [-0.4, -0.2) is 11.5 Å². The van der Waals surface area contributed by atoms with Gasteiger partial charge < -0.3 is 5.32 Å². The maximum Gasteiger partial charge on any atom is 0.127 e. The van der Waals surface area contributed by atoms with Gasteiger partial charge in [-0.05, 0) is 30.9 Å². The fraction of sp³-hybridized carbons (Fsp3) is 0.444. The predicted molar refractivity (Wildman–Crippen MR) is 86.1 cm³/mol. The van der Waals surface area contributed by atoms with Crippen LogP contribution in [0.1, 0.15) is 44.1 Å². The summed E-state index contributed by atoms with van der Waals surface area (Å²) in [6.07, 6.45) is 8.14. The minimum absolute atomic E-state index is 0.693. The van der Waals surface area contributed by atoms with E-state index < -0.39 is 0 Å². The molecule has 2 aromatic rings. The topological polar surface area (TPSA) is 48.7 Å². The lowest BCUT2D eigenvalue weighted by Crippen LogP contribution is -2.06. The van der Waals surface area contributed by atoms with Gasteiger partial charge in [-0.25, -0.2) is 4.98 Å². The van der Waals surface area contributed by atoms with Gasteiger partial charge in [0.2, 0.25) is 0 Å². The quantitative estimate of drug-likeness (QED) is 0.820. The van der Waals surface area contributed by atoms with Crippen molar-refractivity contribution in [2.24, 2.45) is 5.92 Å². The number of rotatable bonds is 5. The van der Waals surface area contributed by atoms with Gasteiger partial charge in [-0.3, -0.25) is 0 Å². The summed E-state index contributed by atoms with van der Waals surface area (Å²) in [5.74, 6) is 1.75. The maximum atomic E-state index is 9.27. The van der Waals surface area contributed by atoms with Gasteiger partial charge in [-0.2, -0.15) is 5.26 Å². The molecule has 1 saturated carbocycles. The van der Waals surface area contributed by atoms with E-state index in [0.717, 1.165) is 29.2 Å². The summed E-state index contributed by atoms with van der Waals surface area (Å²) in [7, 11) is 0.